The molecular formula is C15H21NO3. The Morgan fingerprint density at radius 1 is 1.16 bits per heavy atom. The molecule has 0 spiro atoms. The average molecular weight is 263 g/mol. The predicted molar refractivity (Wildman–Crippen MR) is 72.9 cm³/mol. The molecule has 0 aliphatic carbocycles. The number of rotatable bonds is 3. The van der Waals surface area contributed by atoms with E-state index in [1.165, 1.54) is 5.56 Å². The van der Waals surface area contributed by atoms with Crippen LogP contribution in [0.3, 0.4) is 0 Å². The van der Waals surface area contributed by atoms with Crippen LogP contribution in [0.4, 0.5) is 0 Å². The van der Waals surface area contributed by atoms with E-state index in [4.69, 9.17) is 9.47 Å². The molecule has 2 aliphatic rings. The lowest BCUT2D eigenvalue weighted by Crippen LogP contribution is -2.32. The van der Waals surface area contributed by atoms with Gasteiger partial charge in [0.25, 0.3) is 0 Å². The van der Waals surface area contributed by atoms with E-state index < -0.39 is 0 Å². The zero-order valence-corrected chi connectivity index (χ0v) is 11.1. The second-order valence-corrected chi connectivity index (χ2v) is 5.28. The topological polar surface area (TPSA) is 50.7 Å². The van der Waals surface area contributed by atoms with E-state index in [9.17, 15) is 5.11 Å². The van der Waals surface area contributed by atoms with Gasteiger partial charge in [0.15, 0.2) is 11.5 Å². The van der Waals surface area contributed by atoms with Crippen molar-refractivity contribution >= 4 is 0 Å². The molecule has 1 atom stereocenters. The molecule has 1 fully saturated rings. The Labute approximate surface area is 113 Å². The van der Waals surface area contributed by atoms with E-state index in [2.05, 4.69) is 11.4 Å². The molecule has 0 saturated carbocycles. The van der Waals surface area contributed by atoms with Crippen LogP contribution in [0, 0.1) is 5.92 Å². The Morgan fingerprint density at radius 2 is 1.89 bits per heavy atom. The Morgan fingerprint density at radius 3 is 2.63 bits per heavy atom. The van der Waals surface area contributed by atoms with Crippen LogP contribution >= 0.6 is 0 Å². The van der Waals surface area contributed by atoms with Crippen LogP contribution in [0.5, 0.6) is 11.5 Å². The average Bonchev–Trinajstić information content (AvgIpc) is 2.49. The predicted octanol–water partition coefficient (Wildman–Crippen LogP) is 1.53. The number of piperidine rings is 1. The number of aliphatic hydroxyl groups excluding tert-OH is 1. The Balaban J connectivity index is 1.82. The molecule has 0 radical (unpaired) electrons. The molecule has 1 unspecified atom stereocenters. The molecule has 1 aromatic rings. The second-order valence-electron chi connectivity index (χ2n) is 5.28. The van der Waals surface area contributed by atoms with Gasteiger partial charge in [-0.1, -0.05) is 6.07 Å². The molecule has 4 heteroatoms. The molecule has 1 saturated heterocycles. The minimum atomic E-state index is 0.199. The maximum Gasteiger partial charge on any atom is 0.161 e. The van der Waals surface area contributed by atoms with Crippen molar-refractivity contribution in [1.82, 2.24) is 5.32 Å². The summed E-state index contributed by atoms with van der Waals surface area (Å²) in [5.74, 6) is 2.39. The smallest absolute Gasteiger partial charge is 0.161 e. The van der Waals surface area contributed by atoms with Gasteiger partial charge in [-0.2, -0.15) is 0 Å². The van der Waals surface area contributed by atoms with E-state index in [0.29, 0.717) is 19.1 Å². The summed E-state index contributed by atoms with van der Waals surface area (Å²) < 4.78 is 11.2. The summed E-state index contributed by atoms with van der Waals surface area (Å²) in [7, 11) is 0. The largest absolute Gasteiger partial charge is 0.486 e. The number of hydrogen-bond donors (Lipinski definition) is 2. The maximum atomic E-state index is 9.74. The lowest BCUT2D eigenvalue weighted by atomic mass is 9.81. The maximum absolute atomic E-state index is 9.74. The number of aliphatic hydroxyl groups is 1. The van der Waals surface area contributed by atoms with Crippen molar-refractivity contribution in [1.29, 1.82) is 0 Å². The lowest BCUT2D eigenvalue weighted by Gasteiger charge is -2.30. The first-order chi connectivity index (χ1) is 9.38. The van der Waals surface area contributed by atoms with Gasteiger partial charge in [-0.25, -0.2) is 0 Å². The monoisotopic (exact) mass is 263 g/mol. The van der Waals surface area contributed by atoms with E-state index in [-0.39, 0.29) is 12.5 Å². The fourth-order valence-electron chi connectivity index (χ4n) is 3.06. The van der Waals surface area contributed by atoms with Crippen LogP contribution in [0.2, 0.25) is 0 Å². The molecule has 2 aliphatic heterocycles. The summed E-state index contributed by atoms with van der Waals surface area (Å²) in [6, 6.07) is 6.07. The highest BCUT2D eigenvalue weighted by atomic mass is 16.6. The number of hydrogen-bond acceptors (Lipinski definition) is 4. The lowest BCUT2D eigenvalue weighted by molar-refractivity contribution is 0.170. The fraction of sp³-hybridized carbons (Fsp3) is 0.600. The van der Waals surface area contributed by atoms with Gasteiger partial charge in [-0.15, -0.1) is 0 Å². The first-order valence-corrected chi connectivity index (χ1v) is 7.09. The van der Waals surface area contributed by atoms with Gasteiger partial charge in [-0.3, -0.25) is 0 Å². The van der Waals surface area contributed by atoms with Gasteiger partial charge in [0, 0.05) is 5.92 Å². The molecule has 3 rings (SSSR count). The summed E-state index contributed by atoms with van der Waals surface area (Å²) in [6.07, 6.45) is 2.25. The van der Waals surface area contributed by atoms with E-state index in [0.717, 1.165) is 37.4 Å². The molecule has 0 amide bonds. The number of fused-ring (bicyclic) bond motifs is 1. The molecule has 0 aromatic heterocycles. The van der Waals surface area contributed by atoms with Crippen LogP contribution in [0.1, 0.15) is 24.3 Å². The summed E-state index contributed by atoms with van der Waals surface area (Å²) in [4.78, 5) is 0. The highest BCUT2D eigenvalue weighted by Gasteiger charge is 2.25. The normalized spacial score (nSPS) is 21.1. The van der Waals surface area contributed by atoms with Crippen molar-refractivity contribution in [2.45, 2.75) is 18.8 Å². The highest BCUT2D eigenvalue weighted by Crippen LogP contribution is 2.37. The van der Waals surface area contributed by atoms with Gasteiger partial charge >= 0.3 is 0 Å². The fourth-order valence-corrected chi connectivity index (χ4v) is 3.06. The standard InChI is InChI=1S/C15H21NO3/c17-10-13(11-3-5-16-6-4-11)12-1-2-14-15(9-12)19-8-7-18-14/h1-2,9,11,13,16-17H,3-8,10H2. The summed E-state index contributed by atoms with van der Waals surface area (Å²) in [5, 5.41) is 13.1. The van der Waals surface area contributed by atoms with Crippen molar-refractivity contribution < 1.29 is 14.6 Å². The molecule has 19 heavy (non-hydrogen) atoms. The van der Waals surface area contributed by atoms with Gasteiger partial charge in [-0.05, 0) is 49.5 Å². The van der Waals surface area contributed by atoms with Crippen LogP contribution in [0.15, 0.2) is 18.2 Å². The molecule has 4 nitrogen and oxygen atoms in total. The Kier molecular flexibility index (Phi) is 3.89. The number of nitrogens with one attached hydrogen (secondary N) is 1. The third-order valence-corrected chi connectivity index (χ3v) is 4.14. The van der Waals surface area contributed by atoms with Gasteiger partial charge in [0.05, 0.1) is 6.61 Å². The number of benzene rings is 1. The zero-order valence-electron chi connectivity index (χ0n) is 11.1. The van der Waals surface area contributed by atoms with Gasteiger partial charge < -0.3 is 19.9 Å². The van der Waals surface area contributed by atoms with Crippen molar-refractivity contribution in [2.24, 2.45) is 5.92 Å². The highest BCUT2D eigenvalue weighted by molar-refractivity contribution is 5.45. The van der Waals surface area contributed by atoms with Crippen LogP contribution in [-0.2, 0) is 0 Å². The minimum absolute atomic E-state index is 0.199. The minimum Gasteiger partial charge on any atom is -0.486 e. The molecular weight excluding hydrogens is 242 g/mol. The zero-order chi connectivity index (χ0) is 13.1. The van der Waals surface area contributed by atoms with Gasteiger partial charge in [0.2, 0.25) is 0 Å². The summed E-state index contributed by atoms with van der Waals surface area (Å²) >= 11 is 0. The van der Waals surface area contributed by atoms with Crippen molar-refractivity contribution in [3.8, 4) is 11.5 Å². The van der Waals surface area contributed by atoms with Crippen molar-refractivity contribution in [3.05, 3.63) is 23.8 Å². The van der Waals surface area contributed by atoms with Crippen molar-refractivity contribution in [2.75, 3.05) is 32.9 Å². The van der Waals surface area contributed by atoms with E-state index in [1.807, 2.05) is 12.1 Å². The summed E-state index contributed by atoms with van der Waals surface area (Å²) in [6.45, 7) is 3.51. The Bertz CT molecular complexity index is 429. The second kappa shape index (κ2) is 5.80. The SMILES string of the molecule is OCC(c1ccc2c(c1)OCCO2)C1CCNCC1. The third-order valence-electron chi connectivity index (χ3n) is 4.14. The number of ether oxygens (including phenoxy) is 2. The van der Waals surface area contributed by atoms with Crippen molar-refractivity contribution in [3.63, 3.8) is 0 Å². The molecule has 2 heterocycles. The molecule has 104 valence electrons. The summed E-state index contributed by atoms with van der Waals surface area (Å²) in [5.41, 5.74) is 1.17. The van der Waals surface area contributed by atoms with Crippen LogP contribution in [-0.4, -0.2) is 38.0 Å². The van der Waals surface area contributed by atoms with Crippen LogP contribution in [0.25, 0.3) is 0 Å². The van der Waals surface area contributed by atoms with Crippen LogP contribution < -0.4 is 14.8 Å². The molecule has 2 N–H and O–H groups in total. The molecule has 0 bridgehead atoms. The van der Waals surface area contributed by atoms with Gasteiger partial charge in [0.1, 0.15) is 13.2 Å². The first-order valence-electron chi connectivity index (χ1n) is 7.09. The quantitative estimate of drug-likeness (QED) is 0.868. The first kappa shape index (κ1) is 12.8. The molecule has 1 aromatic carbocycles. The van der Waals surface area contributed by atoms with E-state index >= 15 is 0 Å². The third kappa shape index (κ3) is 2.69. The van der Waals surface area contributed by atoms with E-state index in [1.54, 1.807) is 0 Å². The Hall–Kier alpha value is -1.26.